The zero-order valence-electron chi connectivity index (χ0n) is 13.9. The molecule has 3 rings (SSSR count). The van der Waals surface area contributed by atoms with Crippen LogP contribution in [-0.2, 0) is 4.74 Å². The second-order valence-electron chi connectivity index (χ2n) is 6.28. The highest BCUT2D eigenvalue weighted by molar-refractivity contribution is 5.98. The van der Waals surface area contributed by atoms with Gasteiger partial charge >= 0.3 is 0 Å². The lowest BCUT2D eigenvalue weighted by atomic mass is 10.1. The van der Waals surface area contributed by atoms with Gasteiger partial charge in [0, 0.05) is 25.6 Å². The SMILES string of the molecule is COc1cccc(C(=O)N2C[C@H]3COC[C@@H]2CN(C)C3)c1OC. The van der Waals surface area contributed by atoms with Gasteiger partial charge in [0.15, 0.2) is 11.5 Å². The number of carbonyl (C=O) groups excluding carboxylic acids is 1. The van der Waals surface area contributed by atoms with Crippen LogP contribution in [0.15, 0.2) is 18.2 Å². The molecule has 2 saturated heterocycles. The van der Waals surface area contributed by atoms with Crippen LogP contribution in [0.1, 0.15) is 10.4 Å². The third kappa shape index (κ3) is 3.14. The van der Waals surface area contributed by atoms with Gasteiger partial charge in [-0.3, -0.25) is 4.79 Å². The average molecular weight is 320 g/mol. The molecule has 0 saturated carbocycles. The largest absolute Gasteiger partial charge is 0.493 e. The third-order valence-electron chi connectivity index (χ3n) is 4.55. The Bertz CT molecular complexity index is 578. The van der Waals surface area contributed by atoms with Crippen molar-refractivity contribution >= 4 is 5.91 Å². The number of para-hydroxylation sites is 1. The number of benzene rings is 1. The van der Waals surface area contributed by atoms with Crippen LogP contribution in [0.2, 0.25) is 0 Å². The van der Waals surface area contributed by atoms with Gasteiger partial charge in [0.05, 0.1) is 39.0 Å². The summed E-state index contributed by atoms with van der Waals surface area (Å²) in [6.07, 6.45) is 0. The summed E-state index contributed by atoms with van der Waals surface area (Å²) >= 11 is 0. The van der Waals surface area contributed by atoms with Crippen LogP contribution in [0.25, 0.3) is 0 Å². The van der Waals surface area contributed by atoms with Gasteiger partial charge in [0.25, 0.3) is 5.91 Å². The van der Waals surface area contributed by atoms with Crippen molar-refractivity contribution in [2.75, 3.05) is 54.1 Å². The molecule has 0 spiro atoms. The van der Waals surface area contributed by atoms with E-state index in [0.717, 1.165) is 13.1 Å². The van der Waals surface area contributed by atoms with E-state index in [-0.39, 0.29) is 11.9 Å². The van der Waals surface area contributed by atoms with E-state index in [4.69, 9.17) is 14.2 Å². The Morgan fingerprint density at radius 2 is 2.00 bits per heavy atom. The molecule has 2 aliphatic rings. The molecule has 2 aliphatic heterocycles. The Labute approximate surface area is 136 Å². The second-order valence-corrected chi connectivity index (χ2v) is 6.28. The molecule has 0 aliphatic carbocycles. The Hall–Kier alpha value is -1.79. The molecule has 6 heteroatoms. The highest BCUT2D eigenvalue weighted by Gasteiger charge is 2.36. The summed E-state index contributed by atoms with van der Waals surface area (Å²) in [5.41, 5.74) is 0.544. The van der Waals surface area contributed by atoms with Crippen LogP contribution in [0, 0.1) is 5.92 Å². The van der Waals surface area contributed by atoms with Gasteiger partial charge in [-0.05, 0) is 19.2 Å². The Morgan fingerprint density at radius 1 is 1.17 bits per heavy atom. The van der Waals surface area contributed by atoms with E-state index >= 15 is 0 Å². The monoisotopic (exact) mass is 320 g/mol. The summed E-state index contributed by atoms with van der Waals surface area (Å²) in [5.74, 6) is 1.39. The Kier molecular flexibility index (Phi) is 4.73. The third-order valence-corrected chi connectivity index (χ3v) is 4.55. The zero-order valence-corrected chi connectivity index (χ0v) is 13.9. The van der Waals surface area contributed by atoms with Crippen molar-refractivity contribution in [3.63, 3.8) is 0 Å². The topological polar surface area (TPSA) is 51.2 Å². The molecule has 23 heavy (non-hydrogen) atoms. The molecule has 126 valence electrons. The highest BCUT2D eigenvalue weighted by atomic mass is 16.5. The number of likely N-dealkylation sites (N-methyl/N-ethyl adjacent to an activating group) is 1. The zero-order chi connectivity index (χ0) is 16.4. The van der Waals surface area contributed by atoms with Gasteiger partial charge in [-0.15, -0.1) is 0 Å². The molecule has 2 atom stereocenters. The van der Waals surface area contributed by atoms with Gasteiger partial charge in [0.2, 0.25) is 0 Å². The van der Waals surface area contributed by atoms with Crippen molar-refractivity contribution in [2.45, 2.75) is 6.04 Å². The second kappa shape index (κ2) is 6.76. The van der Waals surface area contributed by atoms with E-state index in [1.807, 2.05) is 11.0 Å². The molecular formula is C17H24N2O4. The number of amides is 1. The molecular weight excluding hydrogens is 296 g/mol. The van der Waals surface area contributed by atoms with Crippen LogP contribution in [0.5, 0.6) is 11.5 Å². The molecule has 2 heterocycles. The number of carbonyl (C=O) groups is 1. The smallest absolute Gasteiger partial charge is 0.258 e. The molecule has 6 nitrogen and oxygen atoms in total. The van der Waals surface area contributed by atoms with Gasteiger partial charge in [-0.25, -0.2) is 0 Å². The molecule has 0 radical (unpaired) electrons. The number of ether oxygens (including phenoxy) is 3. The molecule has 1 aromatic carbocycles. The molecule has 2 bridgehead atoms. The minimum Gasteiger partial charge on any atom is -0.493 e. The van der Waals surface area contributed by atoms with E-state index in [1.54, 1.807) is 26.4 Å². The molecule has 0 unspecified atom stereocenters. The van der Waals surface area contributed by atoms with E-state index < -0.39 is 0 Å². The number of methoxy groups -OCH3 is 2. The lowest BCUT2D eigenvalue weighted by Crippen LogP contribution is -2.46. The number of hydrogen-bond donors (Lipinski definition) is 0. The predicted octanol–water partition coefficient (Wildman–Crippen LogP) is 1.11. The van der Waals surface area contributed by atoms with Crippen molar-refractivity contribution in [3.8, 4) is 11.5 Å². The van der Waals surface area contributed by atoms with Crippen LogP contribution in [-0.4, -0.2) is 75.9 Å². The molecule has 0 N–H and O–H groups in total. The fourth-order valence-electron chi connectivity index (χ4n) is 3.54. The summed E-state index contributed by atoms with van der Waals surface area (Å²) in [6, 6.07) is 5.48. The molecule has 1 aromatic rings. The first-order valence-corrected chi connectivity index (χ1v) is 7.92. The minimum absolute atomic E-state index is 0.0171. The fourth-order valence-corrected chi connectivity index (χ4v) is 3.54. The van der Waals surface area contributed by atoms with Crippen molar-refractivity contribution < 1.29 is 19.0 Å². The van der Waals surface area contributed by atoms with E-state index in [9.17, 15) is 4.79 Å². The van der Waals surface area contributed by atoms with Gasteiger partial charge in [-0.1, -0.05) is 6.07 Å². The van der Waals surface area contributed by atoms with Crippen LogP contribution in [0.3, 0.4) is 0 Å². The first-order chi connectivity index (χ1) is 11.1. The first-order valence-electron chi connectivity index (χ1n) is 7.92. The quantitative estimate of drug-likeness (QED) is 0.835. The van der Waals surface area contributed by atoms with E-state index in [2.05, 4.69) is 11.9 Å². The normalized spacial score (nSPS) is 24.9. The lowest BCUT2D eigenvalue weighted by Gasteiger charge is -2.30. The summed E-state index contributed by atoms with van der Waals surface area (Å²) in [5, 5.41) is 0. The summed E-state index contributed by atoms with van der Waals surface area (Å²) in [6.45, 7) is 3.79. The number of rotatable bonds is 3. The lowest BCUT2D eigenvalue weighted by molar-refractivity contribution is 0.0481. The van der Waals surface area contributed by atoms with Crippen molar-refractivity contribution in [3.05, 3.63) is 23.8 Å². The molecule has 0 aromatic heterocycles. The fraction of sp³-hybridized carbons (Fsp3) is 0.588. The van der Waals surface area contributed by atoms with Crippen molar-refractivity contribution in [1.82, 2.24) is 9.80 Å². The Morgan fingerprint density at radius 3 is 2.74 bits per heavy atom. The van der Waals surface area contributed by atoms with Gasteiger partial charge in [-0.2, -0.15) is 0 Å². The highest BCUT2D eigenvalue weighted by Crippen LogP contribution is 2.32. The van der Waals surface area contributed by atoms with Crippen LogP contribution < -0.4 is 9.47 Å². The number of hydrogen-bond acceptors (Lipinski definition) is 5. The first kappa shape index (κ1) is 16.1. The van der Waals surface area contributed by atoms with Crippen LogP contribution >= 0.6 is 0 Å². The number of nitrogens with zero attached hydrogens (tertiary/aromatic N) is 2. The van der Waals surface area contributed by atoms with Gasteiger partial charge in [0.1, 0.15) is 0 Å². The van der Waals surface area contributed by atoms with E-state index in [1.165, 1.54) is 0 Å². The standard InChI is InChI=1S/C17H24N2O4/c1-18-7-12-8-19(13(9-18)11-23-10-12)17(20)14-5-4-6-15(21-2)16(14)22-3/h4-6,12-13H,7-11H2,1-3H3/t12-,13-/m0/s1. The summed E-state index contributed by atoms with van der Waals surface area (Å²) < 4.78 is 16.5. The molecule has 1 amide bonds. The maximum absolute atomic E-state index is 13.2. The number of fused-ring (bicyclic) bond motifs is 3. The van der Waals surface area contributed by atoms with Crippen LogP contribution in [0.4, 0.5) is 0 Å². The summed E-state index contributed by atoms with van der Waals surface area (Å²) in [7, 11) is 5.24. The van der Waals surface area contributed by atoms with E-state index in [0.29, 0.717) is 42.7 Å². The van der Waals surface area contributed by atoms with Crippen molar-refractivity contribution in [1.29, 1.82) is 0 Å². The Balaban J connectivity index is 1.93. The van der Waals surface area contributed by atoms with Gasteiger partial charge < -0.3 is 24.0 Å². The van der Waals surface area contributed by atoms with Crippen molar-refractivity contribution in [2.24, 2.45) is 5.92 Å². The molecule has 2 fully saturated rings. The minimum atomic E-state index is -0.0171. The maximum atomic E-state index is 13.2. The predicted molar refractivity (Wildman–Crippen MR) is 86.2 cm³/mol. The average Bonchev–Trinajstić information content (AvgIpc) is 2.83. The summed E-state index contributed by atoms with van der Waals surface area (Å²) in [4.78, 5) is 17.4. The maximum Gasteiger partial charge on any atom is 0.258 e.